The second-order valence-electron chi connectivity index (χ2n) is 4.20. The lowest BCUT2D eigenvalue weighted by Crippen LogP contribution is -2.36. The maximum atomic E-state index is 14.0. The summed E-state index contributed by atoms with van der Waals surface area (Å²) in [5.41, 5.74) is 1.12. The lowest BCUT2D eigenvalue weighted by atomic mass is 10.2. The Balaban J connectivity index is 2.01. The number of anilines is 2. The average molecular weight is 268 g/mol. The smallest absolute Gasteiger partial charge is 0.325 e. The third-order valence-electron chi connectivity index (χ3n) is 2.96. The van der Waals surface area contributed by atoms with Gasteiger partial charge in [-0.3, -0.25) is 4.79 Å². The zero-order valence-electron chi connectivity index (χ0n) is 10.8. The summed E-state index contributed by atoms with van der Waals surface area (Å²) in [7, 11) is 1.31. The van der Waals surface area contributed by atoms with E-state index in [1.165, 1.54) is 13.2 Å². The Morgan fingerprint density at radius 3 is 2.84 bits per heavy atom. The van der Waals surface area contributed by atoms with Crippen molar-refractivity contribution in [1.82, 2.24) is 0 Å². The molecular formula is C13H17FN2O3. The Bertz CT molecular complexity index is 448. The summed E-state index contributed by atoms with van der Waals surface area (Å²) in [5.74, 6) is -0.700. The molecule has 1 aliphatic rings. The number of rotatable bonds is 4. The van der Waals surface area contributed by atoms with Crippen LogP contribution in [0.2, 0.25) is 0 Å². The quantitative estimate of drug-likeness (QED) is 0.833. The number of ether oxygens (including phenoxy) is 2. The molecule has 19 heavy (non-hydrogen) atoms. The van der Waals surface area contributed by atoms with E-state index in [2.05, 4.69) is 10.1 Å². The van der Waals surface area contributed by atoms with Gasteiger partial charge in [0, 0.05) is 18.8 Å². The van der Waals surface area contributed by atoms with Gasteiger partial charge in [-0.15, -0.1) is 0 Å². The first-order chi connectivity index (χ1) is 9.20. The van der Waals surface area contributed by atoms with Crippen molar-refractivity contribution in [3.05, 3.63) is 24.0 Å². The summed E-state index contributed by atoms with van der Waals surface area (Å²) in [6.07, 6.45) is 0. The van der Waals surface area contributed by atoms with Crippen molar-refractivity contribution in [2.24, 2.45) is 0 Å². The predicted octanol–water partition coefficient (Wildman–Crippen LogP) is 1.25. The Morgan fingerprint density at radius 2 is 2.21 bits per heavy atom. The molecule has 0 unspecified atom stereocenters. The number of hydrogen-bond donors (Lipinski definition) is 1. The van der Waals surface area contributed by atoms with Gasteiger partial charge in [-0.05, 0) is 18.2 Å². The topological polar surface area (TPSA) is 50.8 Å². The Hall–Kier alpha value is -1.82. The molecular weight excluding hydrogens is 251 g/mol. The highest BCUT2D eigenvalue weighted by Crippen LogP contribution is 2.23. The van der Waals surface area contributed by atoms with E-state index in [1.807, 2.05) is 4.90 Å². The molecule has 104 valence electrons. The van der Waals surface area contributed by atoms with E-state index in [-0.39, 0.29) is 12.4 Å². The number of halogens is 1. The van der Waals surface area contributed by atoms with Crippen LogP contribution in [0.15, 0.2) is 18.2 Å². The molecule has 1 N–H and O–H groups in total. The predicted molar refractivity (Wildman–Crippen MR) is 69.9 cm³/mol. The highest BCUT2D eigenvalue weighted by atomic mass is 19.1. The lowest BCUT2D eigenvalue weighted by Gasteiger charge is -2.29. The van der Waals surface area contributed by atoms with Crippen LogP contribution in [-0.2, 0) is 14.3 Å². The molecule has 0 atom stereocenters. The molecule has 1 aromatic rings. The van der Waals surface area contributed by atoms with Crippen molar-refractivity contribution < 1.29 is 18.7 Å². The summed E-state index contributed by atoms with van der Waals surface area (Å²) >= 11 is 0. The first kappa shape index (κ1) is 13.6. The number of nitrogens with zero attached hydrogens (tertiary/aromatic N) is 1. The SMILES string of the molecule is COC(=O)CNc1ccc(N2CCOCC2)c(F)c1. The van der Waals surface area contributed by atoms with Crippen LogP contribution >= 0.6 is 0 Å². The first-order valence-corrected chi connectivity index (χ1v) is 6.13. The van der Waals surface area contributed by atoms with E-state index in [0.29, 0.717) is 37.7 Å². The van der Waals surface area contributed by atoms with Gasteiger partial charge in [-0.25, -0.2) is 4.39 Å². The number of hydrogen-bond acceptors (Lipinski definition) is 5. The minimum absolute atomic E-state index is 0.0207. The Labute approximate surface area is 111 Å². The molecule has 6 heteroatoms. The number of carbonyl (C=O) groups is 1. The zero-order valence-corrected chi connectivity index (χ0v) is 10.8. The first-order valence-electron chi connectivity index (χ1n) is 6.13. The van der Waals surface area contributed by atoms with Crippen molar-refractivity contribution >= 4 is 17.3 Å². The van der Waals surface area contributed by atoms with Gasteiger partial charge in [0.25, 0.3) is 0 Å². The number of morpholine rings is 1. The molecule has 1 fully saturated rings. The van der Waals surface area contributed by atoms with E-state index in [0.717, 1.165) is 0 Å². The number of benzene rings is 1. The van der Waals surface area contributed by atoms with Crippen LogP contribution in [0.5, 0.6) is 0 Å². The van der Waals surface area contributed by atoms with Crippen molar-refractivity contribution in [1.29, 1.82) is 0 Å². The number of carbonyl (C=O) groups excluding carboxylic acids is 1. The molecule has 0 bridgehead atoms. The highest BCUT2D eigenvalue weighted by Gasteiger charge is 2.15. The highest BCUT2D eigenvalue weighted by molar-refractivity contribution is 5.75. The van der Waals surface area contributed by atoms with Gasteiger partial charge in [0.1, 0.15) is 12.4 Å². The van der Waals surface area contributed by atoms with E-state index in [1.54, 1.807) is 12.1 Å². The molecule has 1 aromatic carbocycles. The third-order valence-corrected chi connectivity index (χ3v) is 2.96. The second kappa shape index (κ2) is 6.38. The molecule has 0 saturated carbocycles. The van der Waals surface area contributed by atoms with Crippen molar-refractivity contribution in [2.75, 3.05) is 50.2 Å². The molecule has 1 saturated heterocycles. The fourth-order valence-corrected chi connectivity index (χ4v) is 1.92. The van der Waals surface area contributed by atoms with Crippen LogP contribution in [0.1, 0.15) is 0 Å². The average Bonchev–Trinajstić information content (AvgIpc) is 2.45. The Kier molecular flexibility index (Phi) is 4.57. The summed E-state index contributed by atoms with van der Waals surface area (Å²) in [6.45, 7) is 2.62. The van der Waals surface area contributed by atoms with Crippen molar-refractivity contribution in [2.45, 2.75) is 0 Å². The molecule has 0 spiro atoms. The van der Waals surface area contributed by atoms with Crippen LogP contribution in [0, 0.1) is 5.82 Å². The zero-order chi connectivity index (χ0) is 13.7. The van der Waals surface area contributed by atoms with E-state index >= 15 is 0 Å². The van der Waals surface area contributed by atoms with Crippen molar-refractivity contribution in [3.63, 3.8) is 0 Å². The molecule has 5 nitrogen and oxygen atoms in total. The standard InChI is InChI=1S/C13H17FN2O3/c1-18-13(17)9-15-10-2-3-12(11(14)8-10)16-4-6-19-7-5-16/h2-3,8,15H,4-7,9H2,1H3. The normalized spacial score (nSPS) is 15.2. The summed E-state index contributed by atoms with van der Waals surface area (Å²) in [6, 6.07) is 4.84. The minimum atomic E-state index is -0.391. The van der Waals surface area contributed by atoms with E-state index in [4.69, 9.17) is 4.74 Å². The van der Waals surface area contributed by atoms with Gasteiger partial charge < -0.3 is 19.7 Å². The van der Waals surface area contributed by atoms with Gasteiger partial charge in [0.05, 0.1) is 26.0 Å². The maximum Gasteiger partial charge on any atom is 0.325 e. The van der Waals surface area contributed by atoms with Crippen LogP contribution in [0.25, 0.3) is 0 Å². The minimum Gasteiger partial charge on any atom is -0.468 e. The van der Waals surface area contributed by atoms with Crippen LogP contribution in [0.3, 0.4) is 0 Å². The molecule has 2 rings (SSSR count). The summed E-state index contributed by atoms with van der Waals surface area (Å²) < 4.78 is 23.7. The number of esters is 1. The van der Waals surface area contributed by atoms with Crippen LogP contribution in [-0.4, -0.2) is 45.9 Å². The fraction of sp³-hybridized carbons (Fsp3) is 0.462. The van der Waals surface area contributed by atoms with Gasteiger partial charge >= 0.3 is 5.97 Å². The van der Waals surface area contributed by atoms with Crippen molar-refractivity contribution in [3.8, 4) is 0 Å². The van der Waals surface area contributed by atoms with Gasteiger partial charge in [0.15, 0.2) is 0 Å². The van der Waals surface area contributed by atoms with Crippen LogP contribution in [0.4, 0.5) is 15.8 Å². The summed E-state index contributed by atoms with van der Waals surface area (Å²) in [5, 5.41) is 2.81. The van der Waals surface area contributed by atoms with Gasteiger partial charge in [-0.2, -0.15) is 0 Å². The third kappa shape index (κ3) is 3.57. The maximum absolute atomic E-state index is 14.0. The molecule has 0 aliphatic carbocycles. The molecule has 1 aliphatic heterocycles. The van der Waals surface area contributed by atoms with E-state index < -0.39 is 5.97 Å². The number of nitrogens with one attached hydrogen (secondary N) is 1. The van der Waals surface area contributed by atoms with Gasteiger partial charge in [0.2, 0.25) is 0 Å². The largest absolute Gasteiger partial charge is 0.468 e. The lowest BCUT2D eigenvalue weighted by molar-refractivity contribution is -0.138. The second-order valence-corrected chi connectivity index (χ2v) is 4.20. The fourth-order valence-electron chi connectivity index (χ4n) is 1.92. The monoisotopic (exact) mass is 268 g/mol. The molecule has 0 aromatic heterocycles. The summed E-state index contributed by atoms with van der Waals surface area (Å²) in [4.78, 5) is 12.9. The Morgan fingerprint density at radius 1 is 1.47 bits per heavy atom. The number of methoxy groups -OCH3 is 1. The van der Waals surface area contributed by atoms with Gasteiger partial charge in [-0.1, -0.05) is 0 Å². The van der Waals surface area contributed by atoms with E-state index in [9.17, 15) is 9.18 Å². The molecule has 1 heterocycles. The molecule has 0 amide bonds. The molecule has 0 radical (unpaired) electrons. The van der Waals surface area contributed by atoms with Crippen LogP contribution < -0.4 is 10.2 Å².